The highest BCUT2D eigenvalue weighted by Gasteiger charge is 2.09. The molecule has 0 fully saturated rings. The molecule has 0 amide bonds. The normalized spacial score (nSPS) is 10.4. The van der Waals surface area contributed by atoms with E-state index in [1.54, 1.807) is 12.1 Å². The number of hydrogen-bond acceptors (Lipinski definition) is 4. The molecule has 3 rings (SSSR count). The predicted octanol–water partition coefficient (Wildman–Crippen LogP) is 4.70. The molecule has 6 heteroatoms. The fourth-order valence-electron chi connectivity index (χ4n) is 1.77. The first kappa shape index (κ1) is 12.9. The summed E-state index contributed by atoms with van der Waals surface area (Å²) in [7, 11) is 0. The molecule has 0 saturated heterocycles. The Morgan fingerprint density at radius 2 is 2.15 bits per heavy atom. The third-order valence-corrected chi connectivity index (χ3v) is 4.15. The van der Waals surface area contributed by atoms with Gasteiger partial charge < -0.3 is 5.32 Å². The van der Waals surface area contributed by atoms with Crippen LogP contribution in [0.1, 0.15) is 5.56 Å². The summed E-state index contributed by atoms with van der Waals surface area (Å²) in [5, 5.41) is 12.8. The minimum Gasteiger partial charge on any atom is -0.329 e. The standard InChI is InChI=1S/C14H7ClFN3S/c15-9-2-1-3-12-13(9)20-14(19-12)18-11-5-4-8(7-17)6-10(11)16/h1-6H,(H,18,19). The third kappa shape index (κ3) is 2.31. The summed E-state index contributed by atoms with van der Waals surface area (Å²) in [6, 6.07) is 11.6. The quantitative estimate of drug-likeness (QED) is 0.746. The van der Waals surface area contributed by atoms with Crippen LogP contribution < -0.4 is 5.32 Å². The van der Waals surface area contributed by atoms with Crippen molar-refractivity contribution in [2.75, 3.05) is 5.32 Å². The second-order valence-corrected chi connectivity index (χ2v) is 5.44. The van der Waals surface area contributed by atoms with Gasteiger partial charge in [0.05, 0.1) is 32.6 Å². The molecule has 0 bridgehead atoms. The number of hydrogen-bond donors (Lipinski definition) is 1. The van der Waals surface area contributed by atoms with Crippen LogP contribution in [0.15, 0.2) is 36.4 Å². The fourth-order valence-corrected chi connectivity index (χ4v) is 2.94. The molecule has 20 heavy (non-hydrogen) atoms. The van der Waals surface area contributed by atoms with E-state index in [4.69, 9.17) is 16.9 Å². The van der Waals surface area contributed by atoms with Gasteiger partial charge in [-0.05, 0) is 30.3 Å². The molecular formula is C14H7ClFN3S. The Morgan fingerprint density at radius 3 is 2.85 bits per heavy atom. The van der Waals surface area contributed by atoms with Gasteiger partial charge in [0.25, 0.3) is 0 Å². The van der Waals surface area contributed by atoms with E-state index in [1.165, 1.54) is 23.5 Å². The summed E-state index contributed by atoms with van der Waals surface area (Å²) in [5.74, 6) is -0.491. The molecular weight excluding hydrogens is 297 g/mol. The van der Waals surface area contributed by atoms with Crippen molar-refractivity contribution in [3.05, 3.63) is 52.8 Å². The molecule has 0 radical (unpaired) electrons. The lowest BCUT2D eigenvalue weighted by Gasteiger charge is -2.03. The number of halogens is 2. The van der Waals surface area contributed by atoms with Crippen LogP contribution in [0.4, 0.5) is 15.2 Å². The topological polar surface area (TPSA) is 48.7 Å². The number of rotatable bonds is 2. The molecule has 1 heterocycles. The molecule has 3 aromatic rings. The van der Waals surface area contributed by atoms with Crippen LogP contribution in [0.5, 0.6) is 0 Å². The number of nitrogens with one attached hydrogen (secondary N) is 1. The summed E-state index contributed by atoms with van der Waals surface area (Å²) >= 11 is 7.43. The maximum Gasteiger partial charge on any atom is 0.188 e. The van der Waals surface area contributed by atoms with Gasteiger partial charge in [-0.25, -0.2) is 9.37 Å². The zero-order valence-electron chi connectivity index (χ0n) is 10.0. The molecule has 0 spiro atoms. The monoisotopic (exact) mass is 303 g/mol. The van der Waals surface area contributed by atoms with E-state index in [1.807, 2.05) is 18.2 Å². The van der Waals surface area contributed by atoms with Gasteiger partial charge in [-0.1, -0.05) is 29.0 Å². The van der Waals surface area contributed by atoms with Crippen molar-refractivity contribution in [3.63, 3.8) is 0 Å². The highest BCUT2D eigenvalue weighted by Crippen LogP contribution is 2.33. The van der Waals surface area contributed by atoms with Crippen LogP contribution in [0, 0.1) is 17.1 Å². The number of benzene rings is 2. The minimum atomic E-state index is -0.491. The number of aromatic nitrogens is 1. The zero-order chi connectivity index (χ0) is 14.1. The van der Waals surface area contributed by atoms with Crippen LogP contribution in [-0.2, 0) is 0 Å². The summed E-state index contributed by atoms with van der Waals surface area (Å²) in [4.78, 5) is 4.34. The Kier molecular flexibility index (Phi) is 3.26. The van der Waals surface area contributed by atoms with Gasteiger partial charge in [-0.2, -0.15) is 5.26 Å². The summed E-state index contributed by atoms with van der Waals surface area (Å²) in [5.41, 5.74) is 1.32. The van der Waals surface area contributed by atoms with Crippen molar-refractivity contribution in [3.8, 4) is 6.07 Å². The average molecular weight is 304 g/mol. The van der Waals surface area contributed by atoms with Gasteiger partial charge in [0, 0.05) is 0 Å². The maximum atomic E-state index is 13.8. The Morgan fingerprint density at radius 1 is 1.30 bits per heavy atom. The largest absolute Gasteiger partial charge is 0.329 e. The second kappa shape index (κ2) is 5.08. The Bertz CT molecular complexity index is 838. The molecule has 0 saturated carbocycles. The van der Waals surface area contributed by atoms with Gasteiger partial charge in [0.15, 0.2) is 5.13 Å². The van der Waals surface area contributed by atoms with Crippen LogP contribution in [-0.4, -0.2) is 4.98 Å². The minimum absolute atomic E-state index is 0.277. The zero-order valence-corrected chi connectivity index (χ0v) is 11.6. The van der Waals surface area contributed by atoms with E-state index in [-0.39, 0.29) is 11.3 Å². The lowest BCUT2D eigenvalue weighted by Crippen LogP contribution is -1.93. The predicted molar refractivity (Wildman–Crippen MR) is 79.0 cm³/mol. The fraction of sp³-hybridized carbons (Fsp3) is 0. The molecule has 2 aromatic carbocycles. The number of fused-ring (bicyclic) bond motifs is 1. The van der Waals surface area contributed by atoms with Crippen molar-refractivity contribution in [2.45, 2.75) is 0 Å². The Hall–Kier alpha value is -2.16. The van der Waals surface area contributed by atoms with Crippen LogP contribution in [0.25, 0.3) is 10.2 Å². The van der Waals surface area contributed by atoms with Crippen molar-refractivity contribution in [1.82, 2.24) is 4.98 Å². The second-order valence-electron chi connectivity index (χ2n) is 4.04. The maximum absolute atomic E-state index is 13.8. The summed E-state index contributed by atoms with van der Waals surface area (Å²) < 4.78 is 14.6. The van der Waals surface area contributed by atoms with E-state index in [0.29, 0.717) is 10.2 Å². The van der Waals surface area contributed by atoms with Gasteiger partial charge in [0.1, 0.15) is 5.82 Å². The smallest absolute Gasteiger partial charge is 0.188 e. The molecule has 0 aliphatic heterocycles. The van der Waals surface area contributed by atoms with Gasteiger partial charge >= 0.3 is 0 Å². The number of nitrogens with zero attached hydrogens (tertiary/aromatic N) is 2. The van der Waals surface area contributed by atoms with Crippen LogP contribution >= 0.6 is 22.9 Å². The number of anilines is 2. The van der Waals surface area contributed by atoms with Crippen LogP contribution in [0.3, 0.4) is 0 Å². The molecule has 0 aliphatic carbocycles. The number of nitriles is 1. The first-order valence-corrected chi connectivity index (χ1v) is 6.88. The van der Waals surface area contributed by atoms with Crippen molar-refractivity contribution < 1.29 is 4.39 Å². The van der Waals surface area contributed by atoms with Crippen molar-refractivity contribution >= 4 is 44.0 Å². The Balaban J connectivity index is 1.97. The van der Waals surface area contributed by atoms with Gasteiger partial charge in [0.2, 0.25) is 0 Å². The van der Waals surface area contributed by atoms with Gasteiger partial charge in [-0.3, -0.25) is 0 Å². The molecule has 1 aromatic heterocycles. The SMILES string of the molecule is N#Cc1ccc(Nc2nc3cccc(Cl)c3s2)c(F)c1. The van der Waals surface area contributed by atoms with E-state index in [9.17, 15) is 4.39 Å². The van der Waals surface area contributed by atoms with Crippen molar-refractivity contribution in [1.29, 1.82) is 5.26 Å². The molecule has 98 valence electrons. The first-order valence-electron chi connectivity index (χ1n) is 5.69. The van der Waals surface area contributed by atoms with Crippen LogP contribution in [0.2, 0.25) is 5.02 Å². The molecule has 0 atom stereocenters. The summed E-state index contributed by atoms with van der Waals surface area (Å²) in [6.07, 6.45) is 0. The molecule has 0 aliphatic rings. The highest BCUT2D eigenvalue weighted by atomic mass is 35.5. The lowest BCUT2D eigenvalue weighted by atomic mass is 10.2. The number of thiazole rings is 1. The molecule has 3 nitrogen and oxygen atoms in total. The Labute approximate surface area is 123 Å². The van der Waals surface area contributed by atoms with Gasteiger partial charge in [-0.15, -0.1) is 0 Å². The van der Waals surface area contributed by atoms with Crippen molar-refractivity contribution in [2.24, 2.45) is 0 Å². The van der Waals surface area contributed by atoms with E-state index < -0.39 is 5.82 Å². The average Bonchev–Trinajstić information content (AvgIpc) is 2.85. The lowest BCUT2D eigenvalue weighted by molar-refractivity contribution is 0.631. The van der Waals surface area contributed by atoms with E-state index in [2.05, 4.69) is 10.3 Å². The van der Waals surface area contributed by atoms with E-state index in [0.717, 1.165) is 10.2 Å². The summed E-state index contributed by atoms with van der Waals surface area (Å²) in [6.45, 7) is 0. The highest BCUT2D eigenvalue weighted by molar-refractivity contribution is 7.22. The molecule has 1 N–H and O–H groups in total. The van der Waals surface area contributed by atoms with E-state index >= 15 is 0 Å². The third-order valence-electron chi connectivity index (χ3n) is 2.71. The molecule has 0 unspecified atom stereocenters. The first-order chi connectivity index (χ1) is 9.67.